The molecule has 1 aliphatic heterocycles. The molecule has 0 radical (unpaired) electrons. The third-order valence-electron chi connectivity index (χ3n) is 4.65. The van der Waals surface area contributed by atoms with Gasteiger partial charge in [-0.25, -0.2) is 0 Å². The van der Waals surface area contributed by atoms with Crippen molar-refractivity contribution in [1.29, 1.82) is 0 Å². The molecule has 1 heterocycles. The van der Waals surface area contributed by atoms with Crippen molar-refractivity contribution in [1.82, 2.24) is 10.2 Å². The number of hydrogen-bond donors (Lipinski definition) is 1. The van der Waals surface area contributed by atoms with Crippen molar-refractivity contribution in [2.45, 2.75) is 32.5 Å². The second-order valence-corrected chi connectivity index (χ2v) is 6.46. The molecule has 0 spiro atoms. The van der Waals surface area contributed by atoms with Gasteiger partial charge in [0.05, 0.1) is 0 Å². The predicted octanol–water partition coefficient (Wildman–Crippen LogP) is 3.69. The molecule has 1 saturated heterocycles. The van der Waals surface area contributed by atoms with Gasteiger partial charge >= 0.3 is 0 Å². The fourth-order valence-electron chi connectivity index (χ4n) is 3.37. The summed E-state index contributed by atoms with van der Waals surface area (Å²) in [6, 6.07) is 22.1. The monoisotopic (exact) mass is 294 g/mol. The Balaban J connectivity index is 1.48. The summed E-state index contributed by atoms with van der Waals surface area (Å²) in [6.07, 6.45) is 1.24. The SMILES string of the molecule is C[C@@H]1CN(Cc2ccccc2)CC[C@H]1NCc1ccccc1. The van der Waals surface area contributed by atoms with Gasteiger partial charge in [-0.3, -0.25) is 4.90 Å². The Hall–Kier alpha value is -1.64. The zero-order valence-corrected chi connectivity index (χ0v) is 13.4. The Bertz CT molecular complexity index is 552. The molecule has 2 aromatic carbocycles. The second kappa shape index (κ2) is 7.57. The maximum atomic E-state index is 3.75. The van der Waals surface area contributed by atoms with E-state index in [2.05, 4.69) is 77.8 Å². The highest BCUT2D eigenvalue weighted by molar-refractivity contribution is 5.15. The van der Waals surface area contributed by atoms with Gasteiger partial charge < -0.3 is 5.32 Å². The van der Waals surface area contributed by atoms with E-state index in [1.165, 1.54) is 30.6 Å². The van der Waals surface area contributed by atoms with Crippen LogP contribution < -0.4 is 5.32 Å². The van der Waals surface area contributed by atoms with E-state index >= 15 is 0 Å². The first-order valence-electron chi connectivity index (χ1n) is 8.35. The number of benzene rings is 2. The van der Waals surface area contributed by atoms with Crippen LogP contribution in [0.15, 0.2) is 60.7 Å². The smallest absolute Gasteiger partial charge is 0.0233 e. The van der Waals surface area contributed by atoms with Crippen molar-refractivity contribution >= 4 is 0 Å². The molecule has 2 aromatic rings. The lowest BCUT2D eigenvalue weighted by molar-refractivity contribution is 0.140. The maximum absolute atomic E-state index is 3.75. The van der Waals surface area contributed by atoms with E-state index < -0.39 is 0 Å². The molecule has 0 unspecified atom stereocenters. The van der Waals surface area contributed by atoms with Gasteiger partial charge in [0.25, 0.3) is 0 Å². The van der Waals surface area contributed by atoms with Gasteiger partial charge in [-0.2, -0.15) is 0 Å². The molecule has 2 atom stereocenters. The van der Waals surface area contributed by atoms with Gasteiger partial charge in [0, 0.05) is 25.7 Å². The van der Waals surface area contributed by atoms with Gasteiger partial charge in [-0.1, -0.05) is 67.6 Å². The number of rotatable bonds is 5. The van der Waals surface area contributed by atoms with Gasteiger partial charge in [0.2, 0.25) is 0 Å². The van der Waals surface area contributed by atoms with E-state index in [9.17, 15) is 0 Å². The average Bonchev–Trinajstić information content (AvgIpc) is 2.56. The van der Waals surface area contributed by atoms with E-state index in [0.29, 0.717) is 12.0 Å². The number of hydrogen-bond acceptors (Lipinski definition) is 2. The number of likely N-dealkylation sites (tertiary alicyclic amines) is 1. The molecule has 1 aliphatic rings. The highest BCUT2D eigenvalue weighted by Gasteiger charge is 2.25. The Kier molecular flexibility index (Phi) is 5.25. The molecule has 1 N–H and O–H groups in total. The minimum absolute atomic E-state index is 0.632. The molecule has 0 saturated carbocycles. The molecule has 2 nitrogen and oxygen atoms in total. The van der Waals surface area contributed by atoms with Crippen LogP contribution in [0, 0.1) is 5.92 Å². The Morgan fingerprint density at radius 1 is 0.955 bits per heavy atom. The lowest BCUT2D eigenvalue weighted by Crippen LogP contribution is -2.47. The molecule has 3 rings (SSSR count). The number of nitrogens with zero attached hydrogens (tertiary/aromatic N) is 1. The van der Waals surface area contributed by atoms with Gasteiger partial charge in [0.15, 0.2) is 0 Å². The fraction of sp³-hybridized carbons (Fsp3) is 0.400. The van der Waals surface area contributed by atoms with Crippen LogP contribution in [0.4, 0.5) is 0 Å². The first-order chi connectivity index (χ1) is 10.8. The molecule has 0 aromatic heterocycles. The third-order valence-corrected chi connectivity index (χ3v) is 4.65. The number of piperidine rings is 1. The zero-order chi connectivity index (χ0) is 15.2. The summed E-state index contributed by atoms with van der Waals surface area (Å²) in [6.45, 7) is 6.80. The van der Waals surface area contributed by atoms with Crippen LogP contribution >= 0.6 is 0 Å². The summed E-state index contributed by atoms with van der Waals surface area (Å²) >= 11 is 0. The molecule has 116 valence electrons. The molecule has 22 heavy (non-hydrogen) atoms. The minimum Gasteiger partial charge on any atom is -0.310 e. The molecule has 0 amide bonds. The van der Waals surface area contributed by atoms with Crippen molar-refractivity contribution in [3.63, 3.8) is 0 Å². The van der Waals surface area contributed by atoms with Crippen molar-refractivity contribution in [2.75, 3.05) is 13.1 Å². The molecular weight excluding hydrogens is 268 g/mol. The van der Waals surface area contributed by atoms with Crippen LogP contribution in [0.5, 0.6) is 0 Å². The van der Waals surface area contributed by atoms with Gasteiger partial charge in [0.1, 0.15) is 0 Å². The van der Waals surface area contributed by atoms with Gasteiger partial charge in [-0.05, 0) is 30.0 Å². The zero-order valence-electron chi connectivity index (χ0n) is 13.4. The normalized spacial score (nSPS) is 22.6. The Labute approximate surface area is 134 Å². The van der Waals surface area contributed by atoms with E-state index in [1.807, 2.05) is 0 Å². The lowest BCUT2D eigenvalue weighted by Gasteiger charge is -2.37. The van der Waals surface area contributed by atoms with Crippen LogP contribution in [0.25, 0.3) is 0 Å². The van der Waals surface area contributed by atoms with E-state index in [4.69, 9.17) is 0 Å². The summed E-state index contributed by atoms with van der Waals surface area (Å²) < 4.78 is 0. The van der Waals surface area contributed by atoms with Gasteiger partial charge in [-0.15, -0.1) is 0 Å². The summed E-state index contributed by atoms with van der Waals surface area (Å²) in [5, 5.41) is 3.75. The number of nitrogens with one attached hydrogen (secondary N) is 1. The van der Waals surface area contributed by atoms with Crippen LogP contribution in [-0.4, -0.2) is 24.0 Å². The van der Waals surface area contributed by atoms with E-state index in [0.717, 1.165) is 13.1 Å². The van der Waals surface area contributed by atoms with Crippen LogP contribution in [0.1, 0.15) is 24.5 Å². The first-order valence-corrected chi connectivity index (χ1v) is 8.35. The second-order valence-electron chi connectivity index (χ2n) is 6.46. The molecule has 2 heteroatoms. The average molecular weight is 294 g/mol. The molecule has 0 bridgehead atoms. The predicted molar refractivity (Wildman–Crippen MR) is 92.6 cm³/mol. The van der Waals surface area contributed by atoms with Crippen LogP contribution in [0.3, 0.4) is 0 Å². The topological polar surface area (TPSA) is 15.3 Å². The van der Waals surface area contributed by atoms with Crippen molar-refractivity contribution in [3.05, 3.63) is 71.8 Å². The molecule has 0 aliphatic carbocycles. The quantitative estimate of drug-likeness (QED) is 0.905. The molecule has 1 fully saturated rings. The summed E-state index contributed by atoms with van der Waals surface area (Å²) in [4.78, 5) is 2.58. The van der Waals surface area contributed by atoms with E-state index in [1.54, 1.807) is 0 Å². The summed E-state index contributed by atoms with van der Waals surface area (Å²) in [7, 11) is 0. The summed E-state index contributed by atoms with van der Waals surface area (Å²) in [5.41, 5.74) is 2.80. The van der Waals surface area contributed by atoms with Crippen LogP contribution in [0.2, 0.25) is 0 Å². The van der Waals surface area contributed by atoms with Crippen LogP contribution in [-0.2, 0) is 13.1 Å². The largest absolute Gasteiger partial charge is 0.310 e. The van der Waals surface area contributed by atoms with Crippen molar-refractivity contribution < 1.29 is 0 Å². The highest BCUT2D eigenvalue weighted by Crippen LogP contribution is 2.19. The minimum atomic E-state index is 0.632. The fourth-order valence-corrected chi connectivity index (χ4v) is 3.37. The Morgan fingerprint density at radius 3 is 2.23 bits per heavy atom. The Morgan fingerprint density at radius 2 is 1.59 bits per heavy atom. The molecular formula is C20H26N2. The van der Waals surface area contributed by atoms with Crippen molar-refractivity contribution in [2.24, 2.45) is 5.92 Å². The first kappa shape index (κ1) is 15.3. The van der Waals surface area contributed by atoms with E-state index in [-0.39, 0.29) is 0 Å². The highest BCUT2D eigenvalue weighted by atomic mass is 15.1. The van der Waals surface area contributed by atoms with Crippen molar-refractivity contribution in [3.8, 4) is 0 Å². The third kappa shape index (κ3) is 4.19. The lowest BCUT2D eigenvalue weighted by atomic mass is 9.93. The maximum Gasteiger partial charge on any atom is 0.0233 e. The standard InChI is InChI=1S/C20H26N2/c1-17-15-22(16-19-10-6-3-7-11-19)13-12-20(17)21-14-18-8-4-2-5-9-18/h2-11,17,20-21H,12-16H2,1H3/t17-,20-/m1/s1. The summed E-state index contributed by atoms with van der Waals surface area (Å²) in [5.74, 6) is 0.696.